The van der Waals surface area contributed by atoms with Crippen LogP contribution in [-0.4, -0.2) is 24.5 Å². The maximum absolute atomic E-state index is 12.9. The van der Waals surface area contributed by atoms with Gasteiger partial charge in [0.2, 0.25) is 5.91 Å². The molecule has 4 rings (SSSR count). The van der Waals surface area contributed by atoms with Crippen LogP contribution in [0.2, 0.25) is 0 Å². The van der Waals surface area contributed by atoms with Crippen molar-refractivity contribution in [2.75, 3.05) is 11.9 Å². The molecular weight excluding hydrogens is 354 g/mol. The number of amides is 1. The molecular formula is C19H20NO5S-. The zero-order valence-corrected chi connectivity index (χ0v) is 15.3. The second-order valence-electron chi connectivity index (χ2n) is 7.09. The Bertz CT molecular complexity index is 811. The Balaban J connectivity index is 1.61. The summed E-state index contributed by atoms with van der Waals surface area (Å²) in [5.41, 5.74) is 1.41. The highest BCUT2D eigenvalue weighted by molar-refractivity contribution is 7.17. The summed E-state index contributed by atoms with van der Waals surface area (Å²) in [5, 5.41) is 14.9. The van der Waals surface area contributed by atoms with Crippen molar-refractivity contribution in [1.29, 1.82) is 0 Å². The third kappa shape index (κ3) is 2.65. The molecule has 1 N–H and O–H groups in total. The molecule has 3 aliphatic carbocycles. The normalized spacial score (nSPS) is 28.2. The van der Waals surface area contributed by atoms with Crippen molar-refractivity contribution in [3.05, 3.63) is 28.2 Å². The lowest BCUT2D eigenvalue weighted by molar-refractivity contribution is -0.313. The smallest absolute Gasteiger partial charge is 0.341 e. The van der Waals surface area contributed by atoms with Crippen LogP contribution >= 0.6 is 11.3 Å². The van der Waals surface area contributed by atoms with Crippen LogP contribution in [0, 0.1) is 23.7 Å². The molecule has 7 heteroatoms. The standard InChI is InChI=1S/C19H21NO5S/c1-2-25-19(24)15-11-4-3-5-12(11)26-17(15)20-16(21)13-9-6-7-10(8-9)14(13)18(22)23/h6-7,9-10,13-14H,2-5,8H2,1H3,(H,20,21)(H,22,23)/p-1/t9-,10-,13+,14+/m1/s1. The predicted octanol–water partition coefficient (Wildman–Crippen LogP) is 1.54. The summed E-state index contributed by atoms with van der Waals surface area (Å²) in [5.74, 6) is -3.63. The van der Waals surface area contributed by atoms with Crippen molar-refractivity contribution in [2.45, 2.75) is 32.6 Å². The minimum absolute atomic E-state index is 0.0826. The lowest BCUT2D eigenvalue weighted by Crippen LogP contribution is -2.42. The molecule has 4 atom stereocenters. The Morgan fingerprint density at radius 1 is 1.23 bits per heavy atom. The minimum atomic E-state index is -1.18. The van der Waals surface area contributed by atoms with Crippen molar-refractivity contribution in [2.24, 2.45) is 23.7 Å². The van der Waals surface area contributed by atoms with Crippen LogP contribution in [0.15, 0.2) is 12.2 Å². The van der Waals surface area contributed by atoms with Crippen LogP contribution in [0.4, 0.5) is 5.00 Å². The van der Waals surface area contributed by atoms with Gasteiger partial charge in [0.15, 0.2) is 0 Å². The highest BCUT2D eigenvalue weighted by Crippen LogP contribution is 2.48. The number of carboxylic acids is 1. The van der Waals surface area contributed by atoms with Gasteiger partial charge >= 0.3 is 5.97 Å². The van der Waals surface area contributed by atoms with Gasteiger partial charge in [0.05, 0.1) is 18.1 Å². The molecule has 0 radical (unpaired) electrons. The number of nitrogens with one attached hydrogen (secondary N) is 1. The summed E-state index contributed by atoms with van der Waals surface area (Å²) >= 11 is 1.41. The molecule has 3 aliphatic rings. The maximum Gasteiger partial charge on any atom is 0.341 e. The minimum Gasteiger partial charge on any atom is -0.550 e. The molecule has 1 aromatic rings. The van der Waals surface area contributed by atoms with Gasteiger partial charge in [-0.3, -0.25) is 4.79 Å². The largest absolute Gasteiger partial charge is 0.550 e. The van der Waals surface area contributed by atoms with E-state index in [4.69, 9.17) is 4.74 Å². The van der Waals surface area contributed by atoms with E-state index in [2.05, 4.69) is 5.32 Å². The Morgan fingerprint density at radius 3 is 2.65 bits per heavy atom. The van der Waals surface area contributed by atoms with Crippen LogP contribution in [0.3, 0.4) is 0 Å². The van der Waals surface area contributed by atoms with Gasteiger partial charge in [0, 0.05) is 16.8 Å². The maximum atomic E-state index is 12.9. The number of carbonyl (C=O) groups excluding carboxylic acids is 3. The number of aryl methyl sites for hydroxylation is 1. The topological polar surface area (TPSA) is 95.5 Å². The highest BCUT2D eigenvalue weighted by atomic mass is 32.1. The van der Waals surface area contributed by atoms with Crippen LogP contribution in [0.1, 0.15) is 40.6 Å². The predicted molar refractivity (Wildman–Crippen MR) is 93.7 cm³/mol. The number of anilines is 1. The summed E-state index contributed by atoms with van der Waals surface area (Å²) in [6.07, 6.45) is 7.15. The van der Waals surface area contributed by atoms with E-state index in [-0.39, 0.29) is 24.3 Å². The first-order valence-electron chi connectivity index (χ1n) is 9.03. The Hall–Kier alpha value is -2.15. The highest BCUT2D eigenvalue weighted by Gasteiger charge is 2.49. The molecule has 1 aromatic heterocycles. The number of carbonyl (C=O) groups is 3. The fraction of sp³-hybridized carbons (Fsp3) is 0.526. The molecule has 1 amide bonds. The van der Waals surface area contributed by atoms with E-state index in [1.54, 1.807) is 6.92 Å². The Kier molecular flexibility index (Phi) is 4.34. The average molecular weight is 374 g/mol. The number of fused-ring (bicyclic) bond motifs is 3. The van der Waals surface area contributed by atoms with Gasteiger partial charge in [-0.1, -0.05) is 12.2 Å². The van der Waals surface area contributed by atoms with Crippen molar-refractivity contribution in [3.8, 4) is 0 Å². The van der Waals surface area contributed by atoms with Gasteiger partial charge in [0.1, 0.15) is 5.00 Å². The molecule has 26 heavy (non-hydrogen) atoms. The quantitative estimate of drug-likeness (QED) is 0.623. The van der Waals surface area contributed by atoms with Crippen molar-refractivity contribution >= 4 is 34.2 Å². The number of ether oxygens (including phenoxy) is 1. The SMILES string of the molecule is CCOC(=O)c1c(NC(=O)[C@@H]2[C@@H](C(=O)[O-])[C@@H]3C=C[C@@H]2C3)sc2c1CCC2. The lowest BCUT2D eigenvalue weighted by Gasteiger charge is -2.27. The van der Waals surface area contributed by atoms with Crippen LogP contribution in [0.25, 0.3) is 0 Å². The zero-order chi connectivity index (χ0) is 18.4. The van der Waals surface area contributed by atoms with Crippen LogP contribution < -0.4 is 10.4 Å². The zero-order valence-electron chi connectivity index (χ0n) is 14.4. The number of aliphatic carboxylic acids is 1. The lowest BCUT2D eigenvalue weighted by atomic mass is 9.82. The average Bonchev–Trinajstić information content (AvgIpc) is 3.33. The molecule has 0 spiro atoms. The molecule has 6 nitrogen and oxygen atoms in total. The number of hydrogen-bond acceptors (Lipinski definition) is 6. The second-order valence-corrected chi connectivity index (χ2v) is 8.20. The third-order valence-corrected chi connectivity index (χ3v) is 6.88. The monoisotopic (exact) mass is 374 g/mol. The number of thiophene rings is 1. The molecule has 2 bridgehead atoms. The van der Waals surface area contributed by atoms with Gasteiger partial charge in [0.25, 0.3) is 0 Å². The number of hydrogen-bond donors (Lipinski definition) is 1. The number of carboxylic acid groups (broad SMARTS) is 1. The van der Waals surface area contributed by atoms with Crippen molar-refractivity contribution in [1.82, 2.24) is 0 Å². The first-order chi connectivity index (χ1) is 12.5. The summed E-state index contributed by atoms with van der Waals surface area (Å²) in [6.45, 7) is 2.01. The second kappa shape index (κ2) is 6.54. The van der Waals surface area contributed by atoms with E-state index in [1.807, 2.05) is 12.2 Å². The van der Waals surface area contributed by atoms with E-state index in [0.717, 1.165) is 29.7 Å². The molecule has 0 aliphatic heterocycles. The van der Waals surface area contributed by atoms with E-state index in [9.17, 15) is 19.5 Å². The van der Waals surface area contributed by atoms with Gasteiger partial charge in [-0.15, -0.1) is 11.3 Å². The number of rotatable bonds is 5. The van der Waals surface area contributed by atoms with Crippen molar-refractivity contribution < 1.29 is 24.2 Å². The molecule has 0 unspecified atom stereocenters. The molecule has 0 saturated heterocycles. The van der Waals surface area contributed by atoms with E-state index >= 15 is 0 Å². The van der Waals surface area contributed by atoms with Gasteiger partial charge in [-0.2, -0.15) is 0 Å². The van der Waals surface area contributed by atoms with Gasteiger partial charge < -0.3 is 20.0 Å². The van der Waals surface area contributed by atoms with Crippen LogP contribution in [0.5, 0.6) is 0 Å². The first-order valence-corrected chi connectivity index (χ1v) is 9.84. The van der Waals surface area contributed by atoms with E-state index in [1.165, 1.54) is 11.3 Å². The number of esters is 1. The fourth-order valence-electron chi connectivity index (χ4n) is 4.61. The summed E-state index contributed by atoms with van der Waals surface area (Å²) < 4.78 is 5.17. The summed E-state index contributed by atoms with van der Waals surface area (Å²) in [7, 11) is 0. The van der Waals surface area contributed by atoms with E-state index in [0.29, 0.717) is 17.0 Å². The first kappa shape index (κ1) is 17.3. The van der Waals surface area contributed by atoms with Crippen LogP contribution in [-0.2, 0) is 27.2 Å². The molecule has 138 valence electrons. The van der Waals surface area contributed by atoms with Gasteiger partial charge in [-0.25, -0.2) is 4.79 Å². The molecule has 1 heterocycles. The Labute approximate surface area is 155 Å². The Morgan fingerprint density at radius 2 is 1.96 bits per heavy atom. The van der Waals surface area contributed by atoms with E-state index < -0.39 is 23.8 Å². The fourth-order valence-corrected chi connectivity index (χ4v) is 5.89. The summed E-state index contributed by atoms with van der Waals surface area (Å²) in [4.78, 5) is 37.9. The number of allylic oxidation sites excluding steroid dienone is 2. The van der Waals surface area contributed by atoms with Gasteiger partial charge in [-0.05, 0) is 50.0 Å². The molecule has 1 saturated carbocycles. The molecule has 1 fully saturated rings. The molecule has 0 aromatic carbocycles. The third-order valence-electron chi connectivity index (χ3n) is 5.67. The van der Waals surface area contributed by atoms with Crippen molar-refractivity contribution in [3.63, 3.8) is 0 Å². The summed E-state index contributed by atoms with van der Waals surface area (Å²) in [6, 6.07) is 0.